The third kappa shape index (κ3) is 2.75. The summed E-state index contributed by atoms with van der Waals surface area (Å²) in [4.78, 5) is 11.7. The Bertz CT molecular complexity index is 350. The zero-order valence-corrected chi connectivity index (χ0v) is 10.4. The minimum atomic E-state index is -0.880. The molecule has 1 aromatic carbocycles. The first-order valence-corrected chi connectivity index (χ1v) is 5.88. The molecule has 0 unspecified atom stereocenters. The van der Waals surface area contributed by atoms with Gasteiger partial charge in [-0.15, -0.1) is 11.8 Å². The highest BCUT2D eigenvalue weighted by molar-refractivity contribution is 9.10. The van der Waals surface area contributed by atoms with Gasteiger partial charge in [-0.25, -0.2) is 4.79 Å². The Morgan fingerprint density at radius 3 is 2.64 bits per heavy atom. The summed E-state index contributed by atoms with van der Waals surface area (Å²) in [5.74, 6) is -0.880. The second kappa shape index (κ2) is 4.84. The van der Waals surface area contributed by atoms with Gasteiger partial charge in [-0.2, -0.15) is 0 Å². The number of hydrogen-bond acceptors (Lipinski definition) is 2. The van der Waals surface area contributed by atoms with Crippen LogP contribution in [0.3, 0.4) is 0 Å². The molecule has 0 radical (unpaired) electrons. The van der Waals surface area contributed by atoms with E-state index in [0.717, 1.165) is 9.37 Å². The summed E-state index contributed by atoms with van der Waals surface area (Å²) in [5, 5.41) is 9.34. The summed E-state index contributed by atoms with van der Waals surface area (Å²) in [6.45, 7) is 4.07. The maximum atomic E-state index is 10.9. The van der Waals surface area contributed by atoms with Crippen LogP contribution in [0.15, 0.2) is 27.6 Å². The fraction of sp³-hybridized carbons (Fsp3) is 0.300. The molecule has 1 rings (SSSR count). The maximum Gasteiger partial charge on any atom is 0.336 e. The number of carboxylic acid groups (broad SMARTS) is 1. The van der Waals surface area contributed by atoms with Crippen LogP contribution in [0, 0.1) is 0 Å². The van der Waals surface area contributed by atoms with Crippen molar-refractivity contribution in [3.8, 4) is 0 Å². The molecule has 0 atom stereocenters. The number of carboxylic acids is 1. The van der Waals surface area contributed by atoms with Gasteiger partial charge < -0.3 is 5.11 Å². The average molecular weight is 275 g/mol. The number of rotatable bonds is 3. The summed E-state index contributed by atoms with van der Waals surface area (Å²) >= 11 is 4.91. The molecule has 0 aliphatic carbocycles. The number of halogens is 1. The zero-order chi connectivity index (χ0) is 10.7. The fourth-order valence-corrected chi connectivity index (χ4v) is 2.61. The minimum absolute atomic E-state index is 0.359. The first-order valence-electron chi connectivity index (χ1n) is 4.21. The number of aromatic carboxylic acids is 1. The second-order valence-electron chi connectivity index (χ2n) is 3.09. The van der Waals surface area contributed by atoms with Crippen LogP contribution < -0.4 is 0 Å². The Kier molecular flexibility index (Phi) is 4.01. The summed E-state index contributed by atoms with van der Waals surface area (Å²) in [6.07, 6.45) is 0. The van der Waals surface area contributed by atoms with Crippen LogP contribution in [0.1, 0.15) is 24.2 Å². The van der Waals surface area contributed by atoms with Gasteiger partial charge >= 0.3 is 5.97 Å². The van der Waals surface area contributed by atoms with E-state index in [9.17, 15) is 4.79 Å². The Balaban J connectivity index is 3.15. The molecule has 0 aliphatic rings. The molecule has 0 amide bonds. The van der Waals surface area contributed by atoms with Gasteiger partial charge in [-0.3, -0.25) is 0 Å². The number of carbonyl (C=O) groups is 1. The van der Waals surface area contributed by atoms with E-state index >= 15 is 0 Å². The lowest BCUT2D eigenvalue weighted by atomic mass is 10.2. The highest BCUT2D eigenvalue weighted by Gasteiger charge is 2.14. The van der Waals surface area contributed by atoms with Gasteiger partial charge in [0, 0.05) is 14.6 Å². The van der Waals surface area contributed by atoms with Crippen molar-refractivity contribution in [2.24, 2.45) is 0 Å². The summed E-state index contributed by atoms with van der Waals surface area (Å²) in [6, 6.07) is 5.22. The van der Waals surface area contributed by atoms with Gasteiger partial charge in [0.15, 0.2) is 0 Å². The van der Waals surface area contributed by atoms with Crippen LogP contribution in [0.2, 0.25) is 0 Å². The molecule has 0 saturated carbocycles. The Hall–Kier alpha value is -0.480. The second-order valence-corrected chi connectivity index (χ2v) is 5.53. The smallest absolute Gasteiger partial charge is 0.336 e. The minimum Gasteiger partial charge on any atom is -0.478 e. The summed E-state index contributed by atoms with van der Waals surface area (Å²) in [5.41, 5.74) is 0.359. The van der Waals surface area contributed by atoms with Gasteiger partial charge in [0.05, 0.1) is 5.56 Å². The molecule has 1 N–H and O–H groups in total. The monoisotopic (exact) mass is 274 g/mol. The first kappa shape index (κ1) is 11.6. The predicted molar refractivity (Wildman–Crippen MR) is 62.1 cm³/mol. The molecular weight excluding hydrogens is 264 g/mol. The lowest BCUT2D eigenvalue weighted by Gasteiger charge is -2.10. The van der Waals surface area contributed by atoms with Gasteiger partial charge in [-0.05, 0) is 28.1 Å². The quantitative estimate of drug-likeness (QED) is 0.855. The Morgan fingerprint density at radius 1 is 1.50 bits per heavy atom. The molecular formula is C10H11BrO2S. The molecule has 14 heavy (non-hydrogen) atoms. The van der Waals surface area contributed by atoms with E-state index < -0.39 is 5.97 Å². The van der Waals surface area contributed by atoms with Crippen LogP contribution in [-0.2, 0) is 0 Å². The molecule has 0 aliphatic heterocycles. The lowest BCUT2D eigenvalue weighted by Crippen LogP contribution is -2.00. The maximum absolute atomic E-state index is 10.9. The number of benzene rings is 1. The summed E-state index contributed by atoms with van der Waals surface area (Å²) in [7, 11) is 0. The highest BCUT2D eigenvalue weighted by Crippen LogP contribution is 2.33. The highest BCUT2D eigenvalue weighted by atomic mass is 79.9. The number of hydrogen-bond donors (Lipinski definition) is 1. The van der Waals surface area contributed by atoms with Crippen molar-refractivity contribution in [1.29, 1.82) is 0 Å². The van der Waals surface area contributed by atoms with Crippen LogP contribution in [0.25, 0.3) is 0 Å². The largest absolute Gasteiger partial charge is 0.478 e. The third-order valence-electron chi connectivity index (χ3n) is 1.55. The molecule has 4 heteroatoms. The van der Waals surface area contributed by atoms with Crippen LogP contribution in [0.4, 0.5) is 0 Å². The molecule has 0 fully saturated rings. The van der Waals surface area contributed by atoms with E-state index in [4.69, 9.17) is 5.11 Å². The molecule has 0 heterocycles. The molecule has 1 aromatic rings. The van der Waals surface area contributed by atoms with Gasteiger partial charge in [-0.1, -0.05) is 19.9 Å². The molecule has 2 nitrogen and oxygen atoms in total. The Labute approximate surface area is 95.8 Å². The van der Waals surface area contributed by atoms with Gasteiger partial charge in [0.2, 0.25) is 0 Å². The van der Waals surface area contributed by atoms with Crippen LogP contribution >= 0.6 is 27.7 Å². The standard InChI is InChI=1S/C10H11BrO2S/c1-6(2)14-9-7(10(12)13)4-3-5-8(9)11/h3-6H,1-2H3,(H,12,13). The molecule has 0 aromatic heterocycles. The fourth-order valence-electron chi connectivity index (χ4n) is 1.03. The van der Waals surface area contributed by atoms with E-state index in [2.05, 4.69) is 15.9 Å². The van der Waals surface area contributed by atoms with E-state index in [1.54, 1.807) is 23.9 Å². The van der Waals surface area contributed by atoms with Crippen molar-refractivity contribution in [3.05, 3.63) is 28.2 Å². The van der Waals surface area contributed by atoms with Crippen LogP contribution in [0.5, 0.6) is 0 Å². The van der Waals surface area contributed by atoms with Gasteiger partial charge in [0.25, 0.3) is 0 Å². The van der Waals surface area contributed by atoms with Crippen molar-refractivity contribution in [3.63, 3.8) is 0 Å². The predicted octanol–water partition coefficient (Wildman–Crippen LogP) is 3.65. The molecule has 0 bridgehead atoms. The average Bonchev–Trinajstić information content (AvgIpc) is 2.07. The topological polar surface area (TPSA) is 37.3 Å². The van der Waals surface area contributed by atoms with Gasteiger partial charge in [0.1, 0.15) is 0 Å². The van der Waals surface area contributed by atoms with E-state index in [0.29, 0.717) is 10.8 Å². The number of thioether (sulfide) groups is 1. The molecule has 0 saturated heterocycles. The Morgan fingerprint density at radius 2 is 2.14 bits per heavy atom. The first-order chi connectivity index (χ1) is 6.52. The van der Waals surface area contributed by atoms with Crippen molar-refractivity contribution >= 4 is 33.7 Å². The third-order valence-corrected chi connectivity index (χ3v) is 3.62. The van der Waals surface area contributed by atoms with Crippen LogP contribution in [-0.4, -0.2) is 16.3 Å². The SMILES string of the molecule is CC(C)Sc1c(Br)cccc1C(=O)O. The van der Waals surface area contributed by atoms with Crippen molar-refractivity contribution < 1.29 is 9.90 Å². The molecule has 76 valence electrons. The van der Waals surface area contributed by atoms with Crippen molar-refractivity contribution in [1.82, 2.24) is 0 Å². The molecule has 0 spiro atoms. The van der Waals surface area contributed by atoms with Crippen molar-refractivity contribution in [2.45, 2.75) is 24.0 Å². The van der Waals surface area contributed by atoms with E-state index in [1.807, 2.05) is 19.9 Å². The van der Waals surface area contributed by atoms with E-state index in [-0.39, 0.29) is 0 Å². The van der Waals surface area contributed by atoms with E-state index in [1.165, 1.54) is 0 Å². The normalized spacial score (nSPS) is 10.6. The summed E-state index contributed by atoms with van der Waals surface area (Å²) < 4.78 is 0.844. The zero-order valence-electron chi connectivity index (χ0n) is 7.95. The lowest BCUT2D eigenvalue weighted by molar-refractivity contribution is 0.0693. The van der Waals surface area contributed by atoms with Crippen molar-refractivity contribution in [2.75, 3.05) is 0 Å².